The fourth-order valence-electron chi connectivity index (χ4n) is 1.89. The van der Waals surface area contributed by atoms with Gasteiger partial charge in [-0.25, -0.2) is 0 Å². The second kappa shape index (κ2) is 5.31. The van der Waals surface area contributed by atoms with Gasteiger partial charge in [-0.2, -0.15) is 0 Å². The van der Waals surface area contributed by atoms with E-state index < -0.39 is 0 Å². The van der Waals surface area contributed by atoms with Gasteiger partial charge in [-0.15, -0.1) is 0 Å². The average Bonchev–Trinajstić information content (AvgIpc) is 2.83. The molecule has 0 aromatic rings. The van der Waals surface area contributed by atoms with Gasteiger partial charge in [0.05, 0.1) is 0 Å². The monoisotopic (exact) mass is 212 g/mol. The molecule has 15 heavy (non-hydrogen) atoms. The van der Waals surface area contributed by atoms with Gasteiger partial charge < -0.3 is 10.2 Å². The molecule has 1 unspecified atom stereocenters. The van der Waals surface area contributed by atoms with E-state index in [4.69, 9.17) is 0 Å². The van der Waals surface area contributed by atoms with Crippen LogP contribution >= 0.6 is 0 Å². The Hall–Kier alpha value is -0.0800. The predicted octanol–water partition coefficient (Wildman–Crippen LogP) is 2.35. The van der Waals surface area contributed by atoms with Crippen LogP contribution in [0.1, 0.15) is 40.5 Å². The second-order valence-corrected chi connectivity index (χ2v) is 6.40. The summed E-state index contributed by atoms with van der Waals surface area (Å²) in [6.45, 7) is 12.7. The number of hydrogen-bond donors (Lipinski definition) is 1. The maximum atomic E-state index is 3.57. The molecule has 0 spiro atoms. The number of rotatable bonds is 6. The van der Waals surface area contributed by atoms with Crippen molar-refractivity contribution in [1.82, 2.24) is 10.2 Å². The minimum absolute atomic E-state index is 0.253. The lowest BCUT2D eigenvalue weighted by Crippen LogP contribution is -2.41. The zero-order valence-electron chi connectivity index (χ0n) is 11.1. The molecule has 0 bridgehead atoms. The second-order valence-electron chi connectivity index (χ2n) is 6.40. The number of nitrogens with zero attached hydrogens (tertiary/aromatic N) is 1. The molecule has 2 nitrogen and oxygen atoms in total. The van der Waals surface area contributed by atoms with E-state index in [1.165, 1.54) is 25.9 Å². The molecular formula is C13H28N2. The van der Waals surface area contributed by atoms with Crippen molar-refractivity contribution >= 4 is 0 Å². The Morgan fingerprint density at radius 3 is 2.40 bits per heavy atom. The fraction of sp³-hybridized carbons (Fsp3) is 1.00. The van der Waals surface area contributed by atoms with Gasteiger partial charge in [-0.3, -0.25) is 0 Å². The Bertz CT molecular complexity index is 179. The Labute approximate surface area is 95.4 Å². The molecule has 0 radical (unpaired) electrons. The van der Waals surface area contributed by atoms with Gasteiger partial charge in [0.25, 0.3) is 0 Å². The minimum Gasteiger partial charge on any atom is -0.312 e. The van der Waals surface area contributed by atoms with Crippen molar-refractivity contribution in [2.24, 2.45) is 11.8 Å². The molecule has 0 saturated heterocycles. The summed E-state index contributed by atoms with van der Waals surface area (Å²) in [5, 5.41) is 3.57. The van der Waals surface area contributed by atoms with Crippen molar-refractivity contribution < 1.29 is 0 Å². The summed E-state index contributed by atoms with van der Waals surface area (Å²) in [5.41, 5.74) is 0.253. The molecule has 2 heteroatoms. The Kier molecular flexibility index (Phi) is 4.60. The third kappa shape index (κ3) is 6.91. The highest BCUT2D eigenvalue weighted by Crippen LogP contribution is 2.29. The van der Waals surface area contributed by atoms with E-state index in [9.17, 15) is 0 Å². The third-order valence-electron chi connectivity index (χ3n) is 2.87. The first-order valence-electron chi connectivity index (χ1n) is 6.30. The zero-order chi connectivity index (χ0) is 11.5. The summed E-state index contributed by atoms with van der Waals surface area (Å²) in [5.74, 6) is 1.76. The van der Waals surface area contributed by atoms with E-state index >= 15 is 0 Å². The van der Waals surface area contributed by atoms with E-state index in [0.29, 0.717) is 0 Å². The number of hydrogen-bond acceptors (Lipinski definition) is 2. The van der Waals surface area contributed by atoms with Gasteiger partial charge in [0.1, 0.15) is 0 Å². The van der Waals surface area contributed by atoms with Crippen molar-refractivity contribution in [2.75, 3.05) is 26.7 Å². The number of nitrogens with one attached hydrogen (secondary N) is 1. The Morgan fingerprint density at radius 2 is 1.93 bits per heavy atom. The highest BCUT2D eigenvalue weighted by atomic mass is 15.1. The van der Waals surface area contributed by atoms with Crippen molar-refractivity contribution in [3.05, 3.63) is 0 Å². The van der Waals surface area contributed by atoms with Gasteiger partial charge in [0, 0.05) is 18.6 Å². The Balaban J connectivity index is 2.08. The smallest absolute Gasteiger partial charge is 0.00966 e. The molecule has 1 aliphatic rings. The normalized spacial score (nSPS) is 19.6. The van der Waals surface area contributed by atoms with Crippen LogP contribution in [0, 0.1) is 11.8 Å². The SMILES string of the molecule is CC(CNC(C)(C)C)CN(C)CC1CC1. The quantitative estimate of drug-likeness (QED) is 0.727. The zero-order valence-corrected chi connectivity index (χ0v) is 11.1. The predicted molar refractivity (Wildman–Crippen MR) is 67.1 cm³/mol. The van der Waals surface area contributed by atoms with Crippen LogP contribution in [0.4, 0.5) is 0 Å². The Morgan fingerprint density at radius 1 is 1.33 bits per heavy atom. The van der Waals surface area contributed by atoms with Gasteiger partial charge in [0.15, 0.2) is 0 Å². The lowest BCUT2D eigenvalue weighted by molar-refractivity contribution is 0.260. The highest BCUT2D eigenvalue weighted by molar-refractivity contribution is 4.77. The van der Waals surface area contributed by atoms with E-state index in [1.807, 2.05) is 0 Å². The van der Waals surface area contributed by atoms with Gasteiger partial charge in [-0.05, 0) is 59.0 Å². The first kappa shape index (κ1) is 13.0. The molecule has 0 aromatic carbocycles. The summed E-state index contributed by atoms with van der Waals surface area (Å²) < 4.78 is 0. The fourth-order valence-corrected chi connectivity index (χ4v) is 1.89. The molecule has 0 aliphatic heterocycles. The van der Waals surface area contributed by atoms with Crippen LogP contribution in [-0.4, -0.2) is 37.1 Å². The third-order valence-corrected chi connectivity index (χ3v) is 2.87. The molecule has 1 N–H and O–H groups in total. The van der Waals surface area contributed by atoms with Gasteiger partial charge >= 0.3 is 0 Å². The van der Waals surface area contributed by atoms with Gasteiger partial charge in [-0.1, -0.05) is 6.92 Å². The van der Waals surface area contributed by atoms with Crippen LogP contribution in [0.5, 0.6) is 0 Å². The van der Waals surface area contributed by atoms with Crippen LogP contribution in [-0.2, 0) is 0 Å². The molecular weight excluding hydrogens is 184 g/mol. The summed E-state index contributed by atoms with van der Waals surface area (Å²) >= 11 is 0. The van der Waals surface area contributed by atoms with Crippen molar-refractivity contribution in [2.45, 2.75) is 46.1 Å². The van der Waals surface area contributed by atoms with Crippen LogP contribution in [0.25, 0.3) is 0 Å². The van der Waals surface area contributed by atoms with Crippen LogP contribution < -0.4 is 5.32 Å². The lowest BCUT2D eigenvalue weighted by atomic mass is 10.1. The first-order valence-corrected chi connectivity index (χ1v) is 6.30. The van der Waals surface area contributed by atoms with Crippen LogP contribution in [0.3, 0.4) is 0 Å². The van der Waals surface area contributed by atoms with Crippen molar-refractivity contribution in [3.8, 4) is 0 Å². The molecule has 1 aliphatic carbocycles. The summed E-state index contributed by atoms with van der Waals surface area (Å²) in [6.07, 6.45) is 2.91. The minimum atomic E-state index is 0.253. The van der Waals surface area contributed by atoms with E-state index in [1.54, 1.807) is 0 Å². The molecule has 1 saturated carbocycles. The maximum Gasteiger partial charge on any atom is 0.00966 e. The summed E-state index contributed by atoms with van der Waals surface area (Å²) in [4.78, 5) is 2.49. The molecule has 0 aromatic heterocycles. The highest BCUT2D eigenvalue weighted by Gasteiger charge is 2.23. The van der Waals surface area contributed by atoms with E-state index in [2.05, 4.69) is 45.0 Å². The largest absolute Gasteiger partial charge is 0.312 e. The molecule has 0 heterocycles. The average molecular weight is 212 g/mol. The van der Waals surface area contributed by atoms with Crippen molar-refractivity contribution in [3.63, 3.8) is 0 Å². The molecule has 1 rings (SSSR count). The summed E-state index contributed by atoms with van der Waals surface area (Å²) in [7, 11) is 2.26. The topological polar surface area (TPSA) is 15.3 Å². The maximum absolute atomic E-state index is 3.57. The van der Waals surface area contributed by atoms with E-state index in [0.717, 1.165) is 18.4 Å². The van der Waals surface area contributed by atoms with Crippen LogP contribution in [0.2, 0.25) is 0 Å². The summed E-state index contributed by atoms with van der Waals surface area (Å²) in [6, 6.07) is 0. The molecule has 1 fully saturated rings. The molecule has 1 atom stereocenters. The standard InChI is InChI=1S/C13H28N2/c1-11(8-14-13(2,3)4)9-15(5)10-12-6-7-12/h11-12,14H,6-10H2,1-5H3. The lowest BCUT2D eigenvalue weighted by Gasteiger charge is -2.26. The van der Waals surface area contributed by atoms with Crippen molar-refractivity contribution in [1.29, 1.82) is 0 Å². The first-order chi connectivity index (χ1) is 6.87. The van der Waals surface area contributed by atoms with E-state index in [-0.39, 0.29) is 5.54 Å². The van der Waals surface area contributed by atoms with Gasteiger partial charge in [0.2, 0.25) is 0 Å². The van der Waals surface area contributed by atoms with Crippen LogP contribution in [0.15, 0.2) is 0 Å². The molecule has 0 amide bonds. The molecule has 90 valence electrons.